The number of carbonyl (C=O) groups excluding carboxylic acids is 1. The maximum atomic E-state index is 13.0. The number of hydrogen-bond donors (Lipinski definition) is 2. The van der Waals surface area contributed by atoms with Crippen LogP contribution in [0.5, 0.6) is 0 Å². The molecule has 0 aliphatic carbocycles. The van der Waals surface area contributed by atoms with Gasteiger partial charge in [-0.15, -0.1) is 12.4 Å². The van der Waals surface area contributed by atoms with E-state index < -0.39 is 0 Å². The third-order valence-electron chi connectivity index (χ3n) is 2.61. The normalized spacial score (nSPS) is 11.5. The van der Waals surface area contributed by atoms with Crippen molar-refractivity contribution in [2.45, 2.75) is 19.3 Å². The molecule has 1 rings (SSSR count). The first-order chi connectivity index (χ1) is 8.13. The molecule has 1 amide bonds. The third kappa shape index (κ3) is 5.98. The lowest BCUT2D eigenvalue weighted by Gasteiger charge is -2.12. The van der Waals surface area contributed by atoms with Crippen LogP contribution in [-0.4, -0.2) is 26.0 Å². The Hall–Kier alpha value is -1.13. The summed E-state index contributed by atoms with van der Waals surface area (Å²) in [6.45, 7) is 3.29. The first-order valence-corrected chi connectivity index (χ1v) is 5.80. The molecule has 0 aliphatic heterocycles. The van der Waals surface area contributed by atoms with Crippen molar-refractivity contribution >= 4 is 18.3 Å². The molecule has 0 spiro atoms. The van der Waals surface area contributed by atoms with E-state index in [0.29, 0.717) is 13.0 Å². The van der Waals surface area contributed by atoms with Crippen molar-refractivity contribution < 1.29 is 9.18 Å². The van der Waals surface area contributed by atoms with E-state index in [2.05, 4.69) is 10.6 Å². The standard InChI is InChI=1S/C13H19FN2O.ClH/c1-10(8-13(17)16-7-6-15-2)11-4-3-5-12(14)9-11;/h3-5,9-10,15H,6-8H2,1-2H3,(H,16,17);1H. The highest BCUT2D eigenvalue weighted by molar-refractivity contribution is 5.85. The third-order valence-corrected chi connectivity index (χ3v) is 2.61. The minimum Gasteiger partial charge on any atom is -0.355 e. The zero-order valence-electron chi connectivity index (χ0n) is 10.7. The molecule has 0 saturated heterocycles. The lowest BCUT2D eigenvalue weighted by Crippen LogP contribution is -2.31. The summed E-state index contributed by atoms with van der Waals surface area (Å²) in [6, 6.07) is 6.39. The maximum absolute atomic E-state index is 13.0. The topological polar surface area (TPSA) is 41.1 Å². The van der Waals surface area contributed by atoms with Gasteiger partial charge in [0, 0.05) is 19.5 Å². The number of amides is 1. The second-order valence-electron chi connectivity index (χ2n) is 4.11. The quantitative estimate of drug-likeness (QED) is 0.780. The van der Waals surface area contributed by atoms with Crippen LogP contribution in [0.25, 0.3) is 0 Å². The van der Waals surface area contributed by atoms with Crippen molar-refractivity contribution in [1.82, 2.24) is 10.6 Å². The molecular weight excluding hydrogens is 255 g/mol. The number of rotatable bonds is 6. The number of nitrogens with one attached hydrogen (secondary N) is 2. The summed E-state index contributed by atoms with van der Waals surface area (Å²) < 4.78 is 13.0. The predicted molar refractivity (Wildman–Crippen MR) is 73.6 cm³/mol. The van der Waals surface area contributed by atoms with Gasteiger partial charge in [0.2, 0.25) is 5.91 Å². The van der Waals surface area contributed by atoms with Gasteiger partial charge in [-0.2, -0.15) is 0 Å². The van der Waals surface area contributed by atoms with Crippen molar-refractivity contribution in [3.63, 3.8) is 0 Å². The Morgan fingerprint density at radius 3 is 2.72 bits per heavy atom. The number of benzene rings is 1. The van der Waals surface area contributed by atoms with Gasteiger partial charge in [0.15, 0.2) is 0 Å². The minimum absolute atomic E-state index is 0. The number of carbonyl (C=O) groups is 1. The molecule has 0 fully saturated rings. The minimum atomic E-state index is -0.259. The van der Waals surface area contributed by atoms with E-state index in [1.165, 1.54) is 12.1 Å². The van der Waals surface area contributed by atoms with E-state index in [0.717, 1.165) is 12.1 Å². The Morgan fingerprint density at radius 2 is 2.11 bits per heavy atom. The van der Waals surface area contributed by atoms with Crippen LogP contribution >= 0.6 is 12.4 Å². The van der Waals surface area contributed by atoms with E-state index >= 15 is 0 Å². The highest BCUT2D eigenvalue weighted by atomic mass is 35.5. The van der Waals surface area contributed by atoms with Gasteiger partial charge in [0.1, 0.15) is 5.82 Å². The van der Waals surface area contributed by atoms with E-state index in [-0.39, 0.29) is 30.0 Å². The van der Waals surface area contributed by atoms with Gasteiger partial charge in [0.05, 0.1) is 0 Å². The molecule has 1 aromatic rings. The number of hydrogen-bond acceptors (Lipinski definition) is 2. The molecule has 18 heavy (non-hydrogen) atoms. The van der Waals surface area contributed by atoms with Crippen LogP contribution in [0.3, 0.4) is 0 Å². The van der Waals surface area contributed by atoms with Crippen LogP contribution in [0, 0.1) is 5.82 Å². The molecular formula is C13H20ClFN2O. The first-order valence-electron chi connectivity index (χ1n) is 5.80. The fraction of sp³-hybridized carbons (Fsp3) is 0.462. The fourth-order valence-electron chi connectivity index (χ4n) is 1.61. The SMILES string of the molecule is CNCCNC(=O)CC(C)c1cccc(F)c1.Cl. The van der Waals surface area contributed by atoms with E-state index in [1.54, 1.807) is 6.07 Å². The first kappa shape index (κ1) is 16.9. The molecule has 0 heterocycles. The van der Waals surface area contributed by atoms with Crippen molar-refractivity contribution in [3.05, 3.63) is 35.6 Å². The monoisotopic (exact) mass is 274 g/mol. The summed E-state index contributed by atoms with van der Waals surface area (Å²) in [7, 11) is 1.83. The van der Waals surface area contributed by atoms with Gasteiger partial charge >= 0.3 is 0 Å². The van der Waals surface area contributed by atoms with E-state index in [1.807, 2.05) is 20.0 Å². The van der Waals surface area contributed by atoms with Crippen LogP contribution in [0.15, 0.2) is 24.3 Å². The molecule has 1 atom stereocenters. The van der Waals surface area contributed by atoms with Crippen LogP contribution in [0.2, 0.25) is 0 Å². The Morgan fingerprint density at radius 1 is 1.39 bits per heavy atom. The van der Waals surface area contributed by atoms with Crippen molar-refractivity contribution in [2.75, 3.05) is 20.1 Å². The Kier molecular flexibility index (Phi) is 8.33. The van der Waals surface area contributed by atoms with Crippen molar-refractivity contribution in [3.8, 4) is 0 Å². The van der Waals surface area contributed by atoms with Crippen LogP contribution in [-0.2, 0) is 4.79 Å². The Balaban J connectivity index is 0.00000289. The van der Waals surface area contributed by atoms with Gasteiger partial charge in [0.25, 0.3) is 0 Å². The highest BCUT2D eigenvalue weighted by Gasteiger charge is 2.11. The molecule has 0 saturated carbocycles. The van der Waals surface area contributed by atoms with Crippen LogP contribution in [0.1, 0.15) is 24.8 Å². The maximum Gasteiger partial charge on any atom is 0.220 e. The summed E-state index contributed by atoms with van der Waals surface area (Å²) in [5.41, 5.74) is 0.855. The van der Waals surface area contributed by atoms with Crippen LogP contribution in [0.4, 0.5) is 4.39 Å². The van der Waals surface area contributed by atoms with Crippen LogP contribution < -0.4 is 10.6 Å². The molecule has 1 aromatic carbocycles. The highest BCUT2D eigenvalue weighted by Crippen LogP contribution is 2.19. The Bertz CT molecular complexity index is 374. The summed E-state index contributed by atoms with van der Waals surface area (Å²) >= 11 is 0. The molecule has 0 aromatic heterocycles. The molecule has 2 N–H and O–H groups in total. The van der Waals surface area contributed by atoms with Gasteiger partial charge in [-0.05, 0) is 30.7 Å². The predicted octanol–water partition coefficient (Wildman–Crippen LogP) is 2.08. The molecule has 1 unspecified atom stereocenters. The molecule has 0 radical (unpaired) electrons. The van der Waals surface area contributed by atoms with Gasteiger partial charge in [-0.1, -0.05) is 19.1 Å². The largest absolute Gasteiger partial charge is 0.355 e. The second kappa shape index (κ2) is 8.89. The molecule has 102 valence electrons. The summed E-state index contributed by atoms with van der Waals surface area (Å²) in [5, 5.41) is 5.75. The van der Waals surface area contributed by atoms with Gasteiger partial charge < -0.3 is 10.6 Å². The molecule has 5 heteroatoms. The lowest BCUT2D eigenvalue weighted by molar-refractivity contribution is -0.121. The zero-order chi connectivity index (χ0) is 12.7. The summed E-state index contributed by atoms with van der Waals surface area (Å²) in [5.74, 6) is -0.234. The average Bonchev–Trinajstić information content (AvgIpc) is 2.29. The molecule has 0 bridgehead atoms. The van der Waals surface area contributed by atoms with E-state index in [4.69, 9.17) is 0 Å². The van der Waals surface area contributed by atoms with Gasteiger partial charge in [-0.3, -0.25) is 4.79 Å². The zero-order valence-corrected chi connectivity index (χ0v) is 11.5. The van der Waals surface area contributed by atoms with E-state index in [9.17, 15) is 9.18 Å². The molecule has 0 aliphatic rings. The fourth-order valence-corrected chi connectivity index (χ4v) is 1.61. The lowest BCUT2D eigenvalue weighted by atomic mass is 9.97. The summed E-state index contributed by atoms with van der Waals surface area (Å²) in [6.07, 6.45) is 0.382. The number of likely N-dealkylation sites (N-methyl/N-ethyl adjacent to an activating group) is 1. The Labute approximate surface area is 114 Å². The van der Waals surface area contributed by atoms with Crippen molar-refractivity contribution in [1.29, 1.82) is 0 Å². The second-order valence-corrected chi connectivity index (χ2v) is 4.11. The molecule has 3 nitrogen and oxygen atoms in total. The number of halogens is 2. The van der Waals surface area contributed by atoms with Crippen molar-refractivity contribution in [2.24, 2.45) is 0 Å². The smallest absolute Gasteiger partial charge is 0.220 e. The van der Waals surface area contributed by atoms with Gasteiger partial charge in [-0.25, -0.2) is 4.39 Å². The average molecular weight is 275 g/mol. The summed E-state index contributed by atoms with van der Waals surface area (Å²) in [4.78, 5) is 11.6.